The molecule has 0 aromatic carbocycles. The van der Waals surface area contributed by atoms with Crippen molar-refractivity contribution in [2.24, 2.45) is 5.92 Å². The Morgan fingerprint density at radius 3 is 2.92 bits per heavy atom. The van der Waals surface area contributed by atoms with Crippen molar-refractivity contribution in [3.63, 3.8) is 0 Å². The molecule has 0 radical (unpaired) electrons. The van der Waals surface area contributed by atoms with E-state index in [4.69, 9.17) is 0 Å². The summed E-state index contributed by atoms with van der Waals surface area (Å²) in [6, 6.07) is 0. The molecule has 1 heterocycles. The highest BCUT2D eigenvalue weighted by atomic mass is 32.1. The molecule has 2 rings (SSSR count). The second kappa shape index (κ2) is 3.96. The highest BCUT2D eigenvalue weighted by Crippen LogP contribution is 2.28. The van der Waals surface area contributed by atoms with Gasteiger partial charge in [0, 0.05) is 11.8 Å². The van der Waals surface area contributed by atoms with Crippen molar-refractivity contribution in [2.75, 3.05) is 0 Å². The van der Waals surface area contributed by atoms with E-state index in [0.29, 0.717) is 18.0 Å². The quantitative estimate of drug-likeness (QED) is 0.697. The van der Waals surface area contributed by atoms with Gasteiger partial charge in [-0.1, -0.05) is 30.2 Å². The predicted octanol–water partition coefficient (Wildman–Crippen LogP) is 2.30. The molecule has 13 heavy (non-hydrogen) atoms. The molecule has 1 saturated carbocycles. The molecule has 0 aliphatic heterocycles. The van der Waals surface area contributed by atoms with Gasteiger partial charge in [-0.15, -0.1) is 5.10 Å². The van der Waals surface area contributed by atoms with Gasteiger partial charge in [0.15, 0.2) is 5.78 Å². The molecule has 0 atom stereocenters. The van der Waals surface area contributed by atoms with E-state index >= 15 is 0 Å². The number of carbonyl (C=O) groups excluding carboxylic acids is 1. The summed E-state index contributed by atoms with van der Waals surface area (Å²) in [7, 11) is 0. The van der Waals surface area contributed by atoms with Gasteiger partial charge >= 0.3 is 0 Å². The molecule has 0 spiro atoms. The molecular weight excluding hydrogens is 184 g/mol. The molecule has 1 fully saturated rings. The molecule has 0 N–H and O–H groups in total. The van der Waals surface area contributed by atoms with Crippen LogP contribution in [0.3, 0.4) is 0 Å². The number of hydrogen-bond donors (Lipinski definition) is 0. The monoisotopic (exact) mass is 196 g/mol. The third kappa shape index (κ3) is 2.12. The van der Waals surface area contributed by atoms with E-state index in [0.717, 1.165) is 0 Å². The fourth-order valence-electron chi connectivity index (χ4n) is 1.87. The highest BCUT2D eigenvalue weighted by Gasteiger charge is 2.20. The lowest BCUT2D eigenvalue weighted by Gasteiger charge is -2.04. The van der Waals surface area contributed by atoms with Gasteiger partial charge in [-0.25, -0.2) is 0 Å². The van der Waals surface area contributed by atoms with Crippen LogP contribution in [0.1, 0.15) is 42.6 Å². The van der Waals surface area contributed by atoms with Crippen molar-refractivity contribution in [3.8, 4) is 0 Å². The molecule has 3 nitrogen and oxygen atoms in total. The number of hydrogen-bond acceptors (Lipinski definition) is 4. The summed E-state index contributed by atoms with van der Waals surface area (Å²) in [4.78, 5) is 11.6. The molecule has 1 aliphatic rings. The summed E-state index contributed by atoms with van der Waals surface area (Å²) < 4.78 is 3.69. The van der Waals surface area contributed by atoms with Gasteiger partial charge in [0.1, 0.15) is 5.69 Å². The first kappa shape index (κ1) is 8.81. The number of aromatic nitrogens is 2. The lowest BCUT2D eigenvalue weighted by Crippen LogP contribution is -2.06. The van der Waals surface area contributed by atoms with Crippen LogP contribution in [0.4, 0.5) is 0 Å². The minimum Gasteiger partial charge on any atom is -0.292 e. The largest absolute Gasteiger partial charge is 0.292 e. The first-order chi connectivity index (χ1) is 6.36. The molecule has 0 amide bonds. The SMILES string of the molecule is O=C(CC1CCCC1)c1csnn1. The maximum atomic E-state index is 11.6. The van der Waals surface area contributed by atoms with E-state index in [1.807, 2.05) is 0 Å². The van der Waals surface area contributed by atoms with Crippen LogP contribution in [-0.2, 0) is 0 Å². The molecular formula is C9H12N2OS. The average Bonchev–Trinajstić information content (AvgIpc) is 2.74. The smallest absolute Gasteiger partial charge is 0.184 e. The summed E-state index contributed by atoms with van der Waals surface area (Å²) in [5.41, 5.74) is 0.553. The summed E-state index contributed by atoms with van der Waals surface area (Å²) in [5.74, 6) is 0.773. The Hall–Kier alpha value is -0.770. The maximum absolute atomic E-state index is 11.6. The van der Waals surface area contributed by atoms with Gasteiger partial charge in [-0.05, 0) is 17.5 Å². The summed E-state index contributed by atoms with van der Waals surface area (Å²) in [6.07, 6.45) is 5.67. The Morgan fingerprint density at radius 2 is 2.31 bits per heavy atom. The number of ketones is 1. The summed E-state index contributed by atoms with van der Waals surface area (Å²) in [6.45, 7) is 0. The molecule has 1 aromatic heterocycles. The maximum Gasteiger partial charge on any atom is 0.184 e. The number of nitrogens with zero attached hydrogens (tertiary/aromatic N) is 2. The van der Waals surface area contributed by atoms with Crippen molar-refractivity contribution in [1.29, 1.82) is 0 Å². The lowest BCUT2D eigenvalue weighted by molar-refractivity contribution is 0.0957. The Kier molecular flexibility index (Phi) is 2.68. The Labute approximate surface area is 81.3 Å². The highest BCUT2D eigenvalue weighted by molar-refractivity contribution is 7.03. The first-order valence-electron chi connectivity index (χ1n) is 4.66. The van der Waals surface area contributed by atoms with Crippen LogP contribution in [-0.4, -0.2) is 15.4 Å². The van der Waals surface area contributed by atoms with Gasteiger partial charge in [0.2, 0.25) is 0 Å². The van der Waals surface area contributed by atoms with Gasteiger partial charge in [0.05, 0.1) is 0 Å². The van der Waals surface area contributed by atoms with E-state index < -0.39 is 0 Å². The van der Waals surface area contributed by atoms with Crippen molar-refractivity contribution < 1.29 is 4.79 Å². The minimum atomic E-state index is 0.167. The second-order valence-corrected chi connectivity index (χ2v) is 4.18. The van der Waals surface area contributed by atoms with Crippen molar-refractivity contribution in [1.82, 2.24) is 9.59 Å². The normalized spacial score (nSPS) is 17.8. The summed E-state index contributed by atoms with van der Waals surface area (Å²) >= 11 is 1.24. The Bertz CT molecular complexity index is 278. The molecule has 4 heteroatoms. The van der Waals surface area contributed by atoms with Crippen molar-refractivity contribution >= 4 is 17.3 Å². The van der Waals surface area contributed by atoms with Crippen LogP contribution in [0, 0.1) is 5.92 Å². The Morgan fingerprint density at radius 1 is 1.54 bits per heavy atom. The van der Waals surface area contributed by atoms with Crippen LogP contribution in [0.25, 0.3) is 0 Å². The predicted molar refractivity (Wildman–Crippen MR) is 50.8 cm³/mol. The molecule has 0 saturated heterocycles. The van der Waals surface area contributed by atoms with Crippen LogP contribution in [0.5, 0.6) is 0 Å². The van der Waals surface area contributed by atoms with E-state index in [9.17, 15) is 4.79 Å². The fraction of sp³-hybridized carbons (Fsp3) is 0.667. The molecule has 70 valence electrons. The van der Waals surface area contributed by atoms with Gasteiger partial charge < -0.3 is 0 Å². The standard InChI is InChI=1S/C9H12N2OS/c12-9(8-6-13-11-10-8)5-7-3-1-2-4-7/h6-7H,1-5H2. The van der Waals surface area contributed by atoms with Crippen molar-refractivity contribution in [3.05, 3.63) is 11.1 Å². The number of carbonyl (C=O) groups is 1. The molecule has 0 unspecified atom stereocenters. The average molecular weight is 196 g/mol. The lowest BCUT2D eigenvalue weighted by atomic mass is 10.0. The van der Waals surface area contributed by atoms with Gasteiger partial charge in [-0.2, -0.15) is 0 Å². The molecule has 1 aromatic rings. The van der Waals surface area contributed by atoms with E-state index in [1.165, 1.54) is 37.2 Å². The first-order valence-corrected chi connectivity index (χ1v) is 5.50. The zero-order chi connectivity index (χ0) is 9.10. The molecule has 1 aliphatic carbocycles. The van der Waals surface area contributed by atoms with Gasteiger partial charge in [-0.3, -0.25) is 4.79 Å². The third-order valence-electron chi connectivity index (χ3n) is 2.59. The summed E-state index contributed by atoms with van der Waals surface area (Å²) in [5, 5.41) is 5.51. The van der Waals surface area contributed by atoms with Gasteiger partial charge in [0.25, 0.3) is 0 Å². The zero-order valence-electron chi connectivity index (χ0n) is 7.40. The van der Waals surface area contributed by atoms with Crippen LogP contribution >= 0.6 is 11.5 Å². The van der Waals surface area contributed by atoms with Crippen LogP contribution < -0.4 is 0 Å². The third-order valence-corrected chi connectivity index (χ3v) is 3.10. The fourth-order valence-corrected chi connectivity index (χ4v) is 2.33. The van der Waals surface area contributed by atoms with E-state index in [2.05, 4.69) is 9.59 Å². The van der Waals surface area contributed by atoms with Crippen LogP contribution in [0.2, 0.25) is 0 Å². The topological polar surface area (TPSA) is 42.9 Å². The Balaban J connectivity index is 1.91. The van der Waals surface area contributed by atoms with Crippen LogP contribution in [0.15, 0.2) is 5.38 Å². The number of rotatable bonds is 3. The van der Waals surface area contributed by atoms with Crippen molar-refractivity contribution in [2.45, 2.75) is 32.1 Å². The zero-order valence-corrected chi connectivity index (χ0v) is 8.22. The second-order valence-electron chi connectivity index (χ2n) is 3.57. The minimum absolute atomic E-state index is 0.167. The van der Waals surface area contributed by atoms with E-state index in [-0.39, 0.29) is 5.78 Å². The van der Waals surface area contributed by atoms with E-state index in [1.54, 1.807) is 5.38 Å². The molecule has 0 bridgehead atoms. The number of Topliss-reactive ketones (excluding diaryl/α,β-unsaturated/α-hetero) is 1.